The van der Waals surface area contributed by atoms with Crippen LogP contribution in [0.25, 0.3) is 16.6 Å². The molecule has 12 heteroatoms. The first-order valence-electron chi connectivity index (χ1n) is 8.42. The van der Waals surface area contributed by atoms with Crippen LogP contribution < -0.4 is 10.7 Å². The summed E-state index contributed by atoms with van der Waals surface area (Å²) >= 11 is 5.81. The number of esters is 1. The van der Waals surface area contributed by atoms with E-state index >= 15 is 0 Å². The van der Waals surface area contributed by atoms with Gasteiger partial charge in [0.25, 0.3) is 0 Å². The van der Waals surface area contributed by atoms with Gasteiger partial charge in [-0.2, -0.15) is 0 Å². The second kappa shape index (κ2) is 8.34. The van der Waals surface area contributed by atoms with Gasteiger partial charge in [-0.3, -0.25) is 9.59 Å². The van der Waals surface area contributed by atoms with Crippen LogP contribution >= 0.6 is 11.6 Å². The van der Waals surface area contributed by atoms with Crippen LogP contribution in [0.5, 0.6) is 0 Å². The highest BCUT2D eigenvalue weighted by molar-refractivity contribution is 6.35. The van der Waals surface area contributed by atoms with Crippen LogP contribution in [-0.4, -0.2) is 23.6 Å². The number of carbonyl (C=O) groups is 2. The molecule has 0 spiro atoms. The number of carbonyl (C=O) groups excluding carboxylic acids is 2. The zero-order valence-corrected chi connectivity index (χ0v) is 16.1. The van der Waals surface area contributed by atoms with Crippen molar-refractivity contribution in [3.63, 3.8) is 0 Å². The number of nitrogens with zero attached hydrogens (tertiary/aromatic N) is 1. The van der Waals surface area contributed by atoms with Gasteiger partial charge in [0.05, 0.1) is 17.5 Å². The van der Waals surface area contributed by atoms with Gasteiger partial charge in [0, 0.05) is 12.3 Å². The van der Waals surface area contributed by atoms with E-state index in [9.17, 15) is 36.3 Å². The smallest absolute Gasteiger partial charge is 0.343 e. The molecular formula is C19H10ClF5N2O4. The van der Waals surface area contributed by atoms with Gasteiger partial charge in [0.2, 0.25) is 11.8 Å². The molecule has 1 heterocycles. The maximum Gasteiger partial charge on any atom is 0.343 e. The van der Waals surface area contributed by atoms with E-state index in [1.165, 1.54) is 6.92 Å². The van der Waals surface area contributed by atoms with Crippen molar-refractivity contribution in [2.45, 2.75) is 6.92 Å². The number of anilines is 1. The summed E-state index contributed by atoms with van der Waals surface area (Å²) in [6.07, 6.45) is 0.509. The van der Waals surface area contributed by atoms with E-state index in [0.29, 0.717) is 16.8 Å². The number of halogens is 6. The normalized spacial score (nSPS) is 10.9. The van der Waals surface area contributed by atoms with E-state index < -0.39 is 73.3 Å². The van der Waals surface area contributed by atoms with Crippen molar-refractivity contribution in [3.05, 3.63) is 68.2 Å². The molecule has 2 aromatic carbocycles. The average Bonchev–Trinajstić information content (AvgIpc) is 2.71. The molecule has 0 saturated carbocycles. The molecule has 1 N–H and O–H groups in total. The van der Waals surface area contributed by atoms with Crippen LogP contribution in [0, 0.1) is 29.1 Å². The molecule has 1 aromatic heterocycles. The Morgan fingerprint density at radius 2 is 1.81 bits per heavy atom. The Labute approximate surface area is 174 Å². The molecule has 0 radical (unpaired) electrons. The van der Waals surface area contributed by atoms with Crippen LogP contribution in [0.1, 0.15) is 17.3 Å². The molecule has 3 rings (SSSR count). The van der Waals surface area contributed by atoms with Crippen LogP contribution in [0.4, 0.5) is 27.6 Å². The lowest BCUT2D eigenvalue weighted by atomic mass is 10.1. The fourth-order valence-corrected chi connectivity index (χ4v) is 3.20. The Balaban J connectivity index is 2.56. The Kier molecular flexibility index (Phi) is 5.98. The first-order valence-corrected chi connectivity index (χ1v) is 8.79. The van der Waals surface area contributed by atoms with Gasteiger partial charge in [0.1, 0.15) is 22.0 Å². The summed E-state index contributed by atoms with van der Waals surface area (Å²) in [6, 6.07) is 0.591. The lowest BCUT2D eigenvalue weighted by molar-refractivity contribution is -0.105. The molecule has 0 saturated heterocycles. The first kappa shape index (κ1) is 22.2. The van der Waals surface area contributed by atoms with E-state index in [4.69, 9.17) is 16.3 Å². The average molecular weight is 461 g/mol. The van der Waals surface area contributed by atoms with Gasteiger partial charge < -0.3 is 14.6 Å². The standard InChI is InChI=1S/C19H10ClF5N2O4/c1-2-31-19(30)8-5-27(16-7(18(8)29)3-9(21)13(24)12(16)20)17-11(23)4-10(22)15(14(17)25)26-6-28/h3-6H,2H2,1H3,(H,26,28). The third kappa shape index (κ3) is 3.61. The van der Waals surface area contributed by atoms with Crippen molar-refractivity contribution < 1.29 is 36.3 Å². The summed E-state index contributed by atoms with van der Waals surface area (Å²) in [7, 11) is 0. The molecule has 0 bridgehead atoms. The van der Waals surface area contributed by atoms with E-state index in [-0.39, 0.29) is 19.1 Å². The third-order valence-electron chi connectivity index (χ3n) is 4.21. The third-order valence-corrected chi connectivity index (χ3v) is 4.56. The topological polar surface area (TPSA) is 77.4 Å². The number of nitrogens with one attached hydrogen (secondary N) is 1. The zero-order chi connectivity index (χ0) is 23.0. The zero-order valence-electron chi connectivity index (χ0n) is 15.4. The highest BCUT2D eigenvalue weighted by Crippen LogP contribution is 2.34. The largest absolute Gasteiger partial charge is 0.462 e. The van der Waals surface area contributed by atoms with Gasteiger partial charge in [-0.05, 0) is 13.0 Å². The molecular weight excluding hydrogens is 451 g/mol. The van der Waals surface area contributed by atoms with Crippen LogP contribution in [0.2, 0.25) is 5.02 Å². The van der Waals surface area contributed by atoms with Crippen molar-refractivity contribution >= 4 is 40.6 Å². The summed E-state index contributed by atoms with van der Waals surface area (Å²) < 4.78 is 76.7. The van der Waals surface area contributed by atoms with Gasteiger partial charge in [-0.1, -0.05) is 11.6 Å². The van der Waals surface area contributed by atoms with E-state index in [1.54, 1.807) is 5.32 Å². The fraction of sp³-hybridized carbons (Fsp3) is 0.105. The molecule has 3 aromatic rings. The lowest BCUT2D eigenvalue weighted by Crippen LogP contribution is -2.22. The lowest BCUT2D eigenvalue weighted by Gasteiger charge is -2.18. The summed E-state index contributed by atoms with van der Waals surface area (Å²) in [5.41, 5.74) is -4.85. The molecule has 0 aliphatic carbocycles. The molecule has 1 amide bonds. The van der Waals surface area contributed by atoms with Gasteiger partial charge in [0.15, 0.2) is 29.1 Å². The minimum Gasteiger partial charge on any atom is -0.462 e. The monoisotopic (exact) mass is 460 g/mol. The molecule has 162 valence electrons. The number of pyridine rings is 1. The minimum absolute atomic E-state index is 0.0846. The molecule has 0 aliphatic heterocycles. The van der Waals surface area contributed by atoms with Crippen molar-refractivity contribution in [1.29, 1.82) is 0 Å². The van der Waals surface area contributed by atoms with E-state index in [1.807, 2.05) is 0 Å². The minimum atomic E-state index is -1.68. The number of aromatic nitrogens is 1. The highest BCUT2D eigenvalue weighted by atomic mass is 35.5. The maximum absolute atomic E-state index is 15.0. The Hall–Kier alpha value is -3.47. The second-order valence-electron chi connectivity index (χ2n) is 5.98. The molecule has 0 fully saturated rings. The van der Waals surface area contributed by atoms with Gasteiger partial charge in [-0.25, -0.2) is 26.7 Å². The Bertz CT molecular complexity index is 1310. The van der Waals surface area contributed by atoms with Crippen molar-refractivity contribution in [3.8, 4) is 5.69 Å². The van der Waals surface area contributed by atoms with Crippen molar-refractivity contribution in [2.24, 2.45) is 0 Å². The Morgan fingerprint density at radius 3 is 2.42 bits per heavy atom. The number of rotatable bonds is 5. The quantitative estimate of drug-likeness (QED) is 0.269. The van der Waals surface area contributed by atoms with E-state index in [0.717, 1.165) is 0 Å². The number of ether oxygens (including phenoxy) is 1. The molecule has 6 nitrogen and oxygen atoms in total. The number of amides is 1. The maximum atomic E-state index is 15.0. The van der Waals surface area contributed by atoms with E-state index in [2.05, 4.69) is 0 Å². The van der Waals surface area contributed by atoms with Crippen LogP contribution in [-0.2, 0) is 9.53 Å². The number of benzene rings is 2. The van der Waals surface area contributed by atoms with Crippen LogP contribution in [0.3, 0.4) is 0 Å². The highest BCUT2D eigenvalue weighted by Gasteiger charge is 2.27. The molecule has 0 aliphatic rings. The predicted molar refractivity (Wildman–Crippen MR) is 100.0 cm³/mol. The fourth-order valence-electron chi connectivity index (χ4n) is 2.91. The molecule has 0 atom stereocenters. The van der Waals surface area contributed by atoms with Gasteiger partial charge >= 0.3 is 5.97 Å². The first-order chi connectivity index (χ1) is 14.6. The van der Waals surface area contributed by atoms with Gasteiger partial charge in [-0.15, -0.1) is 0 Å². The number of hydrogen-bond donors (Lipinski definition) is 1. The Morgan fingerprint density at radius 1 is 1.13 bits per heavy atom. The summed E-state index contributed by atoms with van der Waals surface area (Å²) in [4.78, 5) is 35.5. The van der Waals surface area contributed by atoms with Crippen LogP contribution in [0.15, 0.2) is 23.1 Å². The SMILES string of the molecule is CCOC(=O)c1cn(-c2c(F)cc(F)c(NC=O)c2F)c2c(Cl)c(F)c(F)cc2c1=O. The number of fused-ring (bicyclic) bond motifs is 1. The molecule has 31 heavy (non-hydrogen) atoms. The summed E-state index contributed by atoms with van der Waals surface area (Å²) in [5.74, 6) is -9.15. The number of hydrogen-bond acceptors (Lipinski definition) is 4. The van der Waals surface area contributed by atoms with Crippen molar-refractivity contribution in [1.82, 2.24) is 4.57 Å². The summed E-state index contributed by atoms with van der Waals surface area (Å²) in [6.45, 7) is 1.24. The van der Waals surface area contributed by atoms with Crippen molar-refractivity contribution in [2.75, 3.05) is 11.9 Å². The predicted octanol–water partition coefficient (Wildman–Crippen LogP) is 4.08. The molecule has 0 unspecified atom stereocenters. The second-order valence-corrected chi connectivity index (χ2v) is 6.36. The summed E-state index contributed by atoms with van der Waals surface area (Å²) in [5, 5.41) is -0.0352.